The number of benzene rings is 1. The third-order valence-electron chi connectivity index (χ3n) is 7.47. The SMILES string of the molecule is CCCC(CC1CC(=O)c2c(C)c(CC(C)C)cc(C(C)C)c2C1)C(CC)C(=O)CC(C)=O. The number of hydrogen-bond acceptors (Lipinski definition) is 3. The number of Topliss-reactive ketones (excluding diaryl/α,β-unsaturated/α-hetero) is 3. The van der Waals surface area contributed by atoms with Crippen LogP contribution in [0.1, 0.15) is 126 Å². The van der Waals surface area contributed by atoms with Gasteiger partial charge in [0.1, 0.15) is 11.6 Å². The van der Waals surface area contributed by atoms with Gasteiger partial charge in [-0.2, -0.15) is 0 Å². The van der Waals surface area contributed by atoms with Crippen LogP contribution in [0, 0.1) is 30.6 Å². The Hall–Kier alpha value is -1.77. The van der Waals surface area contributed by atoms with Crippen molar-refractivity contribution in [2.45, 2.75) is 113 Å². The molecule has 0 saturated carbocycles. The third-order valence-corrected chi connectivity index (χ3v) is 7.47. The summed E-state index contributed by atoms with van der Waals surface area (Å²) in [5, 5.41) is 0. The highest BCUT2D eigenvalue weighted by molar-refractivity contribution is 6.01. The summed E-state index contributed by atoms with van der Waals surface area (Å²) in [6.07, 6.45) is 6.20. The van der Waals surface area contributed by atoms with Gasteiger partial charge in [-0.25, -0.2) is 0 Å². The molecule has 1 aromatic rings. The molecule has 0 heterocycles. The largest absolute Gasteiger partial charge is 0.300 e. The highest BCUT2D eigenvalue weighted by Gasteiger charge is 2.34. The van der Waals surface area contributed by atoms with Gasteiger partial charge in [-0.3, -0.25) is 14.4 Å². The van der Waals surface area contributed by atoms with Crippen molar-refractivity contribution < 1.29 is 14.4 Å². The second-order valence-electron chi connectivity index (χ2n) is 11.2. The first-order valence-corrected chi connectivity index (χ1v) is 13.2. The lowest BCUT2D eigenvalue weighted by atomic mass is 9.70. The average Bonchev–Trinajstić information content (AvgIpc) is 2.69. The predicted octanol–water partition coefficient (Wildman–Crippen LogP) is 7.44. The lowest BCUT2D eigenvalue weighted by Gasteiger charge is -2.33. The van der Waals surface area contributed by atoms with E-state index in [4.69, 9.17) is 0 Å². The Morgan fingerprint density at radius 1 is 1.09 bits per heavy atom. The topological polar surface area (TPSA) is 51.2 Å². The van der Waals surface area contributed by atoms with Crippen molar-refractivity contribution in [1.29, 1.82) is 0 Å². The molecule has 3 heteroatoms. The quantitative estimate of drug-likeness (QED) is 0.308. The fraction of sp³-hybridized carbons (Fsp3) is 0.700. The van der Waals surface area contributed by atoms with Crippen LogP contribution in [0.5, 0.6) is 0 Å². The van der Waals surface area contributed by atoms with Crippen LogP contribution in [-0.2, 0) is 22.4 Å². The molecule has 0 saturated heterocycles. The molecule has 3 unspecified atom stereocenters. The van der Waals surface area contributed by atoms with E-state index in [-0.39, 0.29) is 41.5 Å². The Labute approximate surface area is 202 Å². The van der Waals surface area contributed by atoms with E-state index in [9.17, 15) is 14.4 Å². The predicted molar refractivity (Wildman–Crippen MR) is 137 cm³/mol. The van der Waals surface area contributed by atoms with Gasteiger partial charge in [0.25, 0.3) is 0 Å². The van der Waals surface area contributed by atoms with E-state index in [0.717, 1.165) is 44.1 Å². The minimum atomic E-state index is -0.0786. The molecule has 0 bridgehead atoms. The van der Waals surface area contributed by atoms with E-state index in [2.05, 4.69) is 54.5 Å². The van der Waals surface area contributed by atoms with Gasteiger partial charge in [-0.1, -0.05) is 60.5 Å². The molecule has 0 amide bonds. The fourth-order valence-electron chi connectivity index (χ4n) is 6.05. The summed E-state index contributed by atoms with van der Waals surface area (Å²) >= 11 is 0. The van der Waals surface area contributed by atoms with Gasteiger partial charge in [0.15, 0.2) is 5.78 Å². The number of fused-ring (bicyclic) bond motifs is 1. The van der Waals surface area contributed by atoms with E-state index in [1.165, 1.54) is 29.2 Å². The zero-order valence-corrected chi connectivity index (χ0v) is 22.3. The number of carbonyl (C=O) groups excluding carboxylic acids is 3. The van der Waals surface area contributed by atoms with Gasteiger partial charge < -0.3 is 0 Å². The maximum Gasteiger partial charge on any atom is 0.163 e. The summed E-state index contributed by atoms with van der Waals surface area (Å²) in [5.74, 6) is 1.69. The zero-order chi connectivity index (χ0) is 24.9. The molecule has 1 aliphatic carbocycles. The van der Waals surface area contributed by atoms with Gasteiger partial charge in [0.05, 0.1) is 6.42 Å². The van der Waals surface area contributed by atoms with Crippen molar-refractivity contribution in [2.24, 2.45) is 23.7 Å². The van der Waals surface area contributed by atoms with Crippen molar-refractivity contribution in [3.8, 4) is 0 Å². The summed E-state index contributed by atoms with van der Waals surface area (Å²) < 4.78 is 0. The molecule has 1 aliphatic rings. The lowest BCUT2D eigenvalue weighted by molar-refractivity contribution is -0.129. The Morgan fingerprint density at radius 3 is 2.27 bits per heavy atom. The maximum absolute atomic E-state index is 13.5. The first-order valence-electron chi connectivity index (χ1n) is 13.2. The Balaban J connectivity index is 2.38. The van der Waals surface area contributed by atoms with E-state index < -0.39 is 0 Å². The van der Waals surface area contributed by atoms with Crippen LogP contribution in [0.15, 0.2) is 6.07 Å². The molecule has 0 spiro atoms. The van der Waals surface area contributed by atoms with E-state index in [0.29, 0.717) is 18.3 Å². The van der Waals surface area contributed by atoms with Gasteiger partial charge >= 0.3 is 0 Å². The summed E-state index contributed by atoms with van der Waals surface area (Å²) in [6.45, 7) is 16.8. The average molecular weight is 455 g/mol. The van der Waals surface area contributed by atoms with Crippen LogP contribution in [0.4, 0.5) is 0 Å². The smallest absolute Gasteiger partial charge is 0.163 e. The molecule has 2 rings (SSSR count). The monoisotopic (exact) mass is 454 g/mol. The van der Waals surface area contributed by atoms with E-state index in [1.807, 2.05) is 0 Å². The molecular weight excluding hydrogens is 408 g/mol. The van der Waals surface area contributed by atoms with Crippen LogP contribution in [0.3, 0.4) is 0 Å². The summed E-state index contributed by atoms with van der Waals surface area (Å²) in [6, 6.07) is 2.36. The van der Waals surface area contributed by atoms with E-state index >= 15 is 0 Å². The standard InChI is InChI=1S/C30H46O3/c1-9-11-23(25(10-2)28(32)13-20(7)31)14-22-15-27-26(19(5)6)17-24(12-18(3)4)21(8)30(27)29(33)16-22/h17-19,22-23,25H,9-16H2,1-8H3. The van der Waals surface area contributed by atoms with Crippen molar-refractivity contribution in [3.05, 3.63) is 33.9 Å². The van der Waals surface area contributed by atoms with Crippen molar-refractivity contribution in [1.82, 2.24) is 0 Å². The van der Waals surface area contributed by atoms with Gasteiger partial charge in [-0.15, -0.1) is 0 Å². The normalized spacial score (nSPS) is 17.9. The molecule has 0 N–H and O–H groups in total. The third kappa shape index (κ3) is 6.87. The van der Waals surface area contributed by atoms with Gasteiger partial charge in [0, 0.05) is 17.9 Å². The molecule has 3 nitrogen and oxygen atoms in total. The molecule has 0 aliphatic heterocycles. The van der Waals surface area contributed by atoms with Crippen LogP contribution < -0.4 is 0 Å². The van der Waals surface area contributed by atoms with Crippen LogP contribution in [0.2, 0.25) is 0 Å². The number of hydrogen-bond donors (Lipinski definition) is 0. The second kappa shape index (κ2) is 12.1. The molecule has 0 fully saturated rings. The number of ketones is 3. The van der Waals surface area contributed by atoms with Crippen LogP contribution in [0.25, 0.3) is 0 Å². The first kappa shape index (κ1) is 27.5. The molecule has 33 heavy (non-hydrogen) atoms. The fourth-order valence-corrected chi connectivity index (χ4v) is 6.05. The Kier molecular flexibility index (Phi) is 10.1. The zero-order valence-electron chi connectivity index (χ0n) is 22.3. The second-order valence-corrected chi connectivity index (χ2v) is 11.2. The number of rotatable bonds is 12. The highest BCUT2D eigenvalue weighted by atomic mass is 16.1. The Bertz CT molecular complexity index is 862. The Morgan fingerprint density at radius 2 is 1.76 bits per heavy atom. The number of carbonyl (C=O) groups is 3. The molecular formula is C30H46O3. The lowest BCUT2D eigenvalue weighted by Crippen LogP contribution is -2.30. The molecule has 0 aromatic heterocycles. The van der Waals surface area contributed by atoms with E-state index in [1.54, 1.807) is 0 Å². The van der Waals surface area contributed by atoms with Gasteiger partial charge in [0.2, 0.25) is 0 Å². The van der Waals surface area contributed by atoms with Crippen LogP contribution >= 0.6 is 0 Å². The van der Waals surface area contributed by atoms with Crippen molar-refractivity contribution in [2.75, 3.05) is 0 Å². The minimum Gasteiger partial charge on any atom is -0.300 e. The highest BCUT2D eigenvalue weighted by Crippen LogP contribution is 2.40. The van der Waals surface area contributed by atoms with Gasteiger partial charge in [-0.05, 0) is 85.5 Å². The molecule has 0 radical (unpaired) electrons. The summed E-state index contributed by atoms with van der Waals surface area (Å²) in [5.41, 5.74) is 6.08. The van der Waals surface area contributed by atoms with Crippen LogP contribution in [-0.4, -0.2) is 17.3 Å². The molecule has 184 valence electrons. The van der Waals surface area contributed by atoms with Crippen molar-refractivity contribution >= 4 is 17.3 Å². The van der Waals surface area contributed by atoms with Crippen molar-refractivity contribution in [3.63, 3.8) is 0 Å². The summed E-state index contributed by atoms with van der Waals surface area (Å²) in [4.78, 5) is 37.9. The molecule has 3 atom stereocenters. The summed E-state index contributed by atoms with van der Waals surface area (Å²) in [7, 11) is 0. The minimum absolute atomic E-state index is 0.0421. The molecule has 1 aromatic carbocycles. The maximum atomic E-state index is 13.5. The first-order chi connectivity index (χ1) is 15.5.